The number of halogens is 4. The van der Waals surface area contributed by atoms with Crippen molar-refractivity contribution in [1.82, 2.24) is 9.88 Å². The fraction of sp³-hybridized carbons (Fsp3) is 0.455. The van der Waals surface area contributed by atoms with Crippen molar-refractivity contribution in [1.29, 1.82) is 0 Å². The van der Waals surface area contributed by atoms with Gasteiger partial charge in [0.25, 0.3) is 0 Å². The highest BCUT2D eigenvalue weighted by Gasteiger charge is 2.34. The molecule has 1 atom stereocenters. The standard InChI is InChI=1S/C11H12F4N2O2/c1-7(9-3-2-8(12)4-16-9)17(5-10(18)19)6-11(13,14)15/h2-4,7H,5-6H2,1H3,(H,18,19). The molecule has 0 amide bonds. The van der Waals surface area contributed by atoms with Gasteiger partial charge in [0, 0.05) is 0 Å². The third kappa shape index (κ3) is 5.21. The third-order valence-corrected chi connectivity index (χ3v) is 2.45. The molecule has 1 aromatic heterocycles. The van der Waals surface area contributed by atoms with E-state index in [-0.39, 0.29) is 5.69 Å². The van der Waals surface area contributed by atoms with Gasteiger partial charge in [-0.3, -0.25) is 14.7 Å². The van der Waals surface area contributed by atoms with E-state index in [4.69, 9.17) is 5.11 Å². The quantitative estimate of drug-likeness (QED) is 0.840. The Balaban J connectivity index is 2.89. The topological polar surface area (TPSA) is 53.4 Å². The van der Waals surface area contributed by atoms with Gasteiger partial charge in [0.15, 0.2) is 0 Å². The van der Waals surface area contributed by atoms with Gasteiger partial charge in [0.1, 0.15) is 5.82 Å². The van der Waals surface area contributed by atoms with Crippen LogP contribution in [0.15, 0.2) is 18.3 Å². The summed E-state index contributed by atoms with van der Waals surface area (Å²) in [4.78, 5) is 15.0. The van der Waals surface area contributed by atoms with Crippen molar-refractivity contribution < 1.29 is 27.5 Å². The fourth-order valence-corrected chi connectivity index (χ4v) is 1.56. The normalized spacial score (nSPS) is 13.6. The average molecular weight is 280 g/mol. The zero-order chi connectivity index (χ0) is 14.6. The minimum Gasteiger partial charge on any atom is -0.480 e. The van der Waals surface area contributed by atoms with Gasteiger partial charge in [-0.15, -0.1) is 0 Å². The predicted octanol–water partition coefficient (Wildman–Crippen LogP) is 2.23. The Bertz CT molecular complexity index is 433. The lowest BCUT2D eigenvalue weighted by Crippen LogP contribution is -2.39. The molecule has 4 nitrogen and oxygen atoms in total. The summed E-state index contributed by atoms with van der Waals surface area (Å²) in [7, 11) is 0. The first kappa shape index (κ1) is 15.4. The average Bonchev–Trinajstić information content (AvgIpc) is 2.25. The number of carboxylic acid groups (broad SMARTS) is 1. The zero-order valence-electron chi connectivity index (χ0n) is 9.99. The van der Waals surface area contributed by atoms with Gasteiger partial charge in [-0.25, -0.2) is 4.39 Å². The minimum atomic E-state index is -4.52. The number of nitrogens with zero attached hydrogens (tertiary/aromatic N) is 2. The SMILES string of the molecule is CC(c1ccc(F)cn1)N(CC(=O)O)CC(F)(F)F. The summed E-state index contributed by atoms with van der Waals surface area (Å²) in [6, 6.07) is 1.40. The van der Waals surface area contributed by atoms with Gasteiger partial charge < -0.3 is 5.11 Å². The summed E-state index contributed by atoms with van der Waals surface area (Å²) in [5.74, 6) is -1.99. The number of aromatic nitrogens is 1. The van der Waals surface area contributed by atoms with E-state index in [9.17, 15) is 22.4 Å². The van der Waals surface area contributed by atoms with Crippen molar-refractivity contribution in [2.75, 3.05) is 13.1 Å². The van der Waals surface area contributed by atoms with Crippen LogP contribution in [0.25, 0.3) is 0 Å². The maximum atomic E-state index is 12.7. The van der Waals surface area contributed by atoms with E-state index in [1.807, 2.05) is 0 Å². The molecule has 1 unspecified atom stereocenters. The molecule has 8 heteroatoms. The Hall–Kier alpha value is -1.70. The fourth-order valence-electron chi connectivity index (χ4n) is 1.56. The van der Waals surface area contributed by atoms with Gasteiger partial charge in [0.05, 0.1) is 31.0 Å². The second-order valence-corrected chi connectivity index (χ2v) is 3.99. The van der Waals surface area contributed by atoms with Crippen LogP contribution in [0.4, 0.5) is 17.6 Å². The van der Waals surface area contributed by atoms with Crippen molar-refractivity contribution in [3.05, 3.63) is 29.8 Å². The molecule has 0 spiro atoms. The first-order valence-corrected chi connectivity index (χ1v) is 5.33. The Kier molecular flexibility index (Phi) is 4.82. The molecule has 0 aromatic carbocycles. The van der Waals surface area contributed by atoms with Gasteiger partial charge >= 0.3 is 12.1 Å². The van der Waals surface area contributed by atoms with Crippen LogP contribution >= 0.6 is 0 Å². The molecular formula is C11H12F4N2O2. The summed E-state index contributed by atoms with van der Waals surface area (Å²) in [5, 5.41) is 8.63. The summed E-state index contributed by atoms with van der Waals surface area (Å²) >= 11 is 0. The first-order valence-electron chi connectivity index (χ1n) is 5.33. The van der Waals surface area contributed by atoms with E-state index >= 15 is 0 Å². The van der Waals surface area contributed by atoms with E-state index in [0.29, 0.717) is 4.90 Å². The zero-order valence-corrected chi connectivity index (χ0v) is 9.99. The highest BCUT2D eigenvalue weighted by Crippen LogP contribution is 2.24. The van der Waals surface area contributed by atoms with Crippen LogP contribution < -0.4 is 0 Å². The Morgan fingerprint density at radius 2 is 2.11 bits per heavy atom. The maximum Gasteiger partial charge on any atom is 0.401 e. The van der Waals surface area contributed by atoms with Gasteiger partial charge in [-0.05, 0) is 19.1 Å². The molecule has 1 N–H and O–H groups in total. The van der Waals surface area contributed by atoms with Crippen molar-refractivity contribution in [3.63, 3.8) is 0 Å². The van der Waals surface area contributed by atoms with Crippen LogP contribution in [-0.2, 0) is 4.79 Å². The van der Waals surface area contributed by atoms with E-state index in [0.717, 1.165) is 12.3 Å². The number of rotatable bonds is 5. The number of carboxylic acids is 1. The number of carbonyl (C=O) groups is 1. The van der Waals surface area contributed by atoms with Crippen LogP contribution in [0, 0.1) is 5.82 Å². The lowest BCUT2D eigenvalue weighted by atomic mass is 10.2. The number of hydrogen-bond acceptors (Lipinski definition) is 3. The van der Waals surface area contributed by atoms with Crippen molar-refractivity contribution in [2.45, 2.75) is 19.1 Å². The summed E-state index contributed by atoms with van der Waals surface area (Å²) in [6.07, 6.45) is -3.65. The molecule has 0 aliphatic rings. The highest BCUT2D eigenvalue weighted by molar-refractivity contribution is 5.69. The smallest absolute Gasteiger partial charge is 0.401 e. The molecule has 0 radical (unpaired) electrons. The molecule has 0 fully saturated rings. The van der Waals surface area contributed by atoms with Gasteiger partial charge in [-0.1, -0.05) is 0 Å². The van der Waals surface area contributed by atoms with E-state index in [1.54, 1.807) is 0 Å². The molecule has 1 heterocycles. The van der Waals surface area contributed by atoms with E-state index < -0.39 is 37.1 Å². The number of pyridine rings is 1. The lowest BCUT2D eigenvalue weighted by Gasteiger charge is -2.27. The second kappa shape index (κ2) is 5.96. The highest BCUT2D eigenvalue weighted by atomic mass is 19.4. The van der Waals surface area contributed by atoms with Crippen molar-refractivity contribution in [3.8, 4) is 0 Å². The van der Waals surface area contributed by atoms with Crippen LogP contribution in [0.1, 0.15) is 18.7 Å². The van der Waals surface area contributed by atoms with Crippen molar-refractivity contribution in [2.24, 2.45) is 0 Å². The van der Waals surface area contributed by atoms with Crippen LogP contribution in [-0.4, -0.2) is 40.2 Å². The lowest BCUT2D eigenvalue weighted by molar-refractivity contribution is -0.158. The van der Waals surface area contributed by atoms with Gasteiger partial charge in [-0.2, -0.15) is 13.2 Å². The maximum absolute atomic E-state index is 12.7. The largest absolute Gasteiger partial charge is 0.480 e. The molecular weight excluding hydrogens is 268 g/mol. The number of hydrogen-bond donors (Lipinski definition) is 1. The summed E-state index contributed by atoms with van der Waals surface area (Å²) in [5.41, 5.74) is 0.173. The van der Waals surface area contributed by atoms with E-state index in [2.05, 4.69) is 4.98 Å². The molecule has 0 saturated carbocycles. The molecule has 0 bridgehead atoms. The summed E-state index contributed by atoms with van der Waals surface area (Å²) < 4.78 is 49.8. The van der Waals surface area contributed by atoms with Crippen molar-refractivity contribution >= 4 is 5.97 Å². The number of aliphatic carboxylic acids is 1. The molecule has 1 aromatic rings. The van der Waals surface area contributed by atoms with Crippen LogP contribution in [0.2, 0.25) is 0 Å². The molecule has 1 rings (SSSR count). The molecule has 0 aliphatic heterocycles. The van der Waals surface area contributed by atoms with Gasteiger partial charge in [0.2, 0.25) is 0 Å². The second-order valence-electron chi connectivity index (χ2n) is 3.99. The monoisotopic (exact) mass is 280 g/mol. The third-order valence-electron chi connectivity index (χ3n) is 2.45. The minimum absolute atomic E-state index is 0.173. The van der Waals surface area contributed by atoms with E-state index in [1.165, 1.54) is 13.0 Å². The Labute approximate surface area is 106 Å². The molecule has 0 aliphatic carbocycles. The Morgan fingerprint density at radius 3 is 2.53 bits per heavy atom. The van der Waals surface area contributed by atoms with Crippen LogP contribution in [0.3, 0.4) is 0 Å². The number of alkyl halides is 3. The predicted molar refractivity (Wildman–Crippen MR) is 57.9 cm³/mol. The summed E-state index contributed by atoms with van der Waals surface area (Å²) in [6.45, 7) is -0.770. The molecule has 19 heavy (non-hydrogen) atoms. The van der Waals surface area contributed by atoms with Crippen LogP contribution in [0.5, 0.6) is 0 Å². The Morgan fingerprint density at radius 1 is 1.47 bits per heavy atom. The molecule has 0 saturated heterocycles. The first-order chi connectivity index (χ1) is 8.69. The molecule has 106 valence electrons.